The molecule has 140 valence electrons. The van der Waals surface area contributed by atoms with Crippen molar-refractivity contribution in [3.05, 3.63) is 59.1 Å². The van der Waals surface area contributed by atoms with Crippen molar-refractivity contribution >= 4 is 17.3 Å². The summed E-state index contributed by atoms with van der Waals surface area (Å²) in [6, 6.07) is 14.9. The third-order valence-corrected chi connectivity index (χ3v) is 4.95. The standard InChI is InChI=1S/C20H25ClN2O3/c21-20-4-2-1-3-16(20)14-26-15-19(25)13-22-9-11-23(12-10-22)17-5-7-18(24)8-6-17/h1-8,19,24-25H,9-15H2/t19-/m0/s1. The maximum Gasteiger partial charge on any atom is 0.115 e. The molecular weight excluding hydrogens is 352 g/mol. The van der Waals surface area contributed by atoms with Crippen LogP contribution in [0.25, 0.3) is 0 Å². The number of halogens is 1. The number of aromatic hydroxyl groups is 1. The van der Waals surface area contributed by atoms with E-state index in [-0.39, 0.29) is 5.75 Å². The molecule has 1 saturated heterocycles. The molecule has 3 rings (SSSR count). The summed E-state index contributed by atoms with van der Waals surface area (Å²) in [5, 5.41) is 20.3. The molecule has 0 bridgehead atoms. The van der Waals surface area contributed by atoms with Crippen LogP contribution >= 0.6 is 11.6 Å². The lowest BCUT2D eigenvalue weighted by molar-refractivity contribution is 0.00916. The Balaban J connectivity index is 1.37. The summed E-state index contributed by atoms with van der Waals surface area (Å²) in [4.78, 5) is 4.54. The van der Waals surface area contributed by atoms with Crippen LogP contribution in [0.3, 0.4) is 0 Å². The van der Waals surface area contributed by atoms with Crippen LogP contribution < -0.4 is 4.90 Å². The summed E-state index contributed by atoms with van der Waals surface area (Å²) >= 11 is 6.10. The molecule has 0 amide bonds. The number of ether oxygens (including phenoxy) is 1. The van der Waals surface area contributed by atoms with Gasteiger partial charge in [-0.2, -0.15) is 0 Å². The minimum Gasteiger partial charge on any atom is -0.508 e. The summed E-state index contributed by atoms with van der Waals surface area (Å²) in [5.74, 6) is 0.285. The van der Waals surface area contributed by atoms with Gasteiger partial charge in [0.25, 0.3) is 0 Å². The molecule has 2 aromatic rings. The van der Waals surface area contributed by atoms with E-state index in [0.717, 1.165) is 37.4 Å². The van der Waals surface area contributed by atoms with Gasteiger partial charge < -0.3 is 19.8 Å². The Morgan fingerprint density at radius 2 is 1.69 bits per heavy atom. The molecule has 0 saturated carbocycles. The van der Waals surface area contributed by atoms with Gasteiger partial charge >= 0.3 is 0 Å². The van der Waals surface area contributed by atoms with E-state index >= 15 is 0 Å². The average Bonchev–Trinajstić information content (AvgIpc) is 2.65. The number of hydrogen-bond acceptors (Lipinski definition) is 5. The number of aliphatic hydroxyl groups excluding tert-OH is 1. The fraction of sp³-hybridized carbons (Fsp3) is 0.400. The number of nitrogens with zero attached hydrogens (tertiary/aromatic N) is 2. The zero-order chi connectivity index (χ0) is 18.4. The first-order chi connectivity index (χ1) is 12.6. The Morgan fingerprint density at radius 1 is 1.00 bits per heavy atom. The molecule has 1 aliphatic rings. The number of rotatable bonds is 7. The van der Waals surface area contributed by atoms with Gasteiger partial charge in [0.05, 0.1) is 19.3 Å². The highest BCUT2D eigenvalue weighted by Crippen LogP contribution is 2.20. The van der Waals surface area contributed by atoms with Crippen LogP contribution in [-0.2, 0) is 11.3 Å². The zero-order valence-corrected chi connectivity index (χ0v) is 15.5. The van der Waals surface area contributed by atoms with Gasteiger partial charge in [0, 0.05) is 43.4 Å². The summed E-state index contributed by atoms with van der Waals surface area (Å²) < 4.78 is 5.61. The van der Waals surface area contributed by atoms with Crippen molar-refractivity contribution in [1.82, 2.24) is 4.90 Å². The first-order valence-electron chi connectivity index (χ1n) is 8.87. The van der Waals surface area contributed by atoms with Crippen LogP contribution in [0.1, 0.15) is 5.56 Å². The fourth-order valence-electron chi connectivity index (χ4n) is 3.12. The van der Waals surface area contributed by atoms with Crippen LogP contribution in [0.15, 0.2) is 48.5 Å². The van der Waals surface area contributed by atoms with Crippen molar-refractivity contribution < 1.29 is 14.9 Å². The topological polar surface area (TPSA) is 56.2 Å². The molecule has 1 atom stereocenters. The monoisotopic (exact) mass is 376 g/mol. The van der Waals surface area contributed by atoms with Crippen molar-refractivity contribution in [2.24, 2.45) is 0 Å². The van der Waals surface area contributed by atoms with Gasteiger partial charge in [0.15, 0.2) is 0 Å². The molecule has 6 heteroatoms. The second kappa shape index (κ2) is 9.24. The third kappa shape index (κ3) is 5.35. The van der Waals surface area contributed by atoms with Crippen molar-refractivity contribution in [1.29, 1.82) is 0 Å². The Morgan fingerprint density at radius 3 is 2.38 bits per heavy atom. The molecule has 2 N–H and O–H groups in total. The van der Waals surface area contributed by atoms with Gasteiger partial charge in [0.2, 0.25) is 0 Å². The first kappa shape index (κ1) is 19.0. The average molecular weight is 377 g/mol. The minimum atomic E-state index is -0.516. The lowest BCUT2D eigenvalue weighted by Gasteiger charge is -2.36. The molecule has 1 heterocycles. The maximum absolute atomic E-state index is 10.2. The number of benzene rings is 2. The highest BCUT2D eigenvalue weighted by molar-refractivity contribution is 6.31. The Hall–Kier alpha value is -1.79. The molecular formula is C20H25ClN2O3. The van der Waals surface area contributed by atoms with E-state index in [4.69, 9.17) is 16.3 Å². The number of anilines is 1. The predicted octanol–water partition coefficient (Wildman–Crippen LogP) is 2.75. The molecule has 1 fully saturated rings. The van der Waals surface area contributed by atoms with Gasteiger partial charge in [-0.3, -0.25) is 4.90 Å². The van der Waals surface area contributed by atoms with Gasteiger partial charge in [0.1, 0.15) is 5.75 Å². The number of β-amino-alcohol motifs (C(OH)–C–C–N with tert-alkyl or cyclic N) is 1. The summed E-state index contributed by atoms with van der Waals surface area (Å²) in [6.45, 7) is 4.89. The van der Waals surface area contributed by atoms with E-state index in [0.29, 0.717) is 24.8 Å². The van der Waals surface area contributed by atoms with E-state index in [9.17, 15) is 10.2 Å². The number of piperazine rings is 1. The largest absolute Gasteiger partial charge is 0.508 e. The minimum absolute atomic E-state index is 0.285. The predicted molar refractivity (Wildman–Crippen MR) is 104 cm³/mol. The molecule has 26 heavy (non-hydrogen) atoms. The van der Waals surface area contributed by atoms with Gasteiger partial charge in [-0.1, -0.05) is 29.8 Å². The van der Waals surface area contributed by atoms with Gasteiger partial charge in [-0.15, -0.1) is 0 Å². The van der Waals surface area contributed by atoms with Crippen molar-refractivity contribution in [3.8, 4) is 5.75 Å². The van der Waals surface area contributed by atoms with Crippen LogP contribution in [0.5, 0.6) is 5.75 Å². The van der Waals surface area contributed by atoms with E-state index in [1.807, 2.05) is 36.4 Å². The normalized spacial score (nSPS) is 16.6. The smallest absolute Gasteiger partial charge is 0.115 e. The second-order valence-corrected chi connectivity index (χ2v) is 6.97. The molecule has 0 radical (unpaired) electrons. The third-order valence-electron chi connectivity index (χ3n) is 4.58. The number of phenolic OH excluding ortho intramolecular Hbond substituents is 1. The van der Waals surface area contributed by atoms with E-state index in [2.05, 4.69) is 9.80 Å². The summed E-state index contributed by atoms with van der Waals surface area (Å²) in [7, 11) is 0. The lowest BCUT2D eigenvalue weighted by atomic mass is 10.2. The Labute approximate surface area is 159 Å². The van der Waals surface area contributed by atoms with E-state index < -0.39 is 6.10 Å². The van der Waals surface area contributed by atoms with Crippen LogP contribution in [0, 0.1) is 0 Å². The first-order valence-corrected chi connectivity index (χ1v) is 9.25. The van der Waals surface area contributed by atoms with Crippen molar-refractivity contribution in [2.75, 3.05) is 44.2 Å². The molecule has 0 unspecified atom stereocenters. The van der Waals surface area contributed by atoms with E-state index in [1.54, 1.807) is 12.1 Å². The van der Waals surface area contributed by atoms with Crippen molar-refractivity contribution in [3.63, 3.8) is 0 Å². The molecule has 2 aromatic carbocycles. The Kier molecular flexibility index (Phi) is 6.74. The molecule has 1 aliphatic heterocycles. The number of aliphatic hydroxyl groups is 1. The Bertz CT molecular complexity index is 688. The molecule has 5 nitrogen and oxygen atoms in total. The highest BCUT2D eigenvalue weighted by Gasteiger charge is 2.19. The summed E-state index contributed by atoms with van der Waals surface area (Å²) in [6.07, 6.45) is -0.516. The van der Waals surface area contributed by atoms with Crippen LogP contribution in [0.2, 0.25) is 5.02 Å². The molecule has 0 aromatic heterocycles. The summed E-state index contributed by atoms with van der Waals surface area (Å²) in [5.41, 5.74) is 2.05. The van der Waals surface area contributed by atoms with Crippen LogP contribution in [0.4, 0.5) is 5.69 Å². The maximum atomic E-state index is 10.2. The second-order valence-electron chi connectivity index (χ2n) is 6.56. The van der Waals surface area contributed by atoms with Gasteiger partial charge in [-0.25, -0.2) is 0 Å². The molecule has 0 spiro atoms. The highest BCUT2D eigenvalue weighted by atomic mass is 35.5. The SMILES string of the molecule is Oc1ccc(N2CCN(C[C@H](O)COCc3ccccc3Cl)CC2)cc1. The number of phenols is 1. The number of hydrogen-bond donors (Lipinski definition) is 2. The fourth-order valence-corrected chi connectivity index (χ4v) is 3.31. The molecule has 0 aliphatic carbocycles. The lowest BCUT2D eigenvalue weighted by Crippen LogP contribution is -2.49. The van der Waals surface area contributed by atoms with Crippen molar-refractivity contribution in [2.45, 2.75) is 12.7 Å². The van der Waals surface area contributed by atoms with Crippen LogP contribution in [-0.4, -0.2) is 60.5 Å². The quantitative estimate of drug-likeness (QED) is 0.778. The van der Waals surface area contributed by atoms with E-state index in [1.165, 1.54) is 0 Å². The van der Waals surface area contributed by atoms with Gasteiger partial charge in [-0.05, 0) is 35.9 Å². The zero-order valence-electron chi connectivity index (χ0n) is 14.7.